The molecule has 5 rings (SSSR count). The Morgan fingerprint density at radius 2 is 1.17 bits per heavy atom. The van der Waals surface area contributed by atoms with Crippen LogP contribution in [0.2, 0.25) is 0 Å². The van der Waals surface area contributed by atoms with Crippen LogP contribution in [0.4, 0.5) is 0 Å². The van der Waals surface area contributed by atoms with E-state index in [9.17, 15) is 24.0 Å². The maximum absolute atomic E-state index is 13.8. The Labute approximate surface area is 277 Å². The molecule has 0 bridgehead atoms. The van der Waals surface area contributed by atoms with Gasteiger partial charge < -0.3 is 28.0 Å². The van der Waals surface area contributed by atoms with E-state index in [1.807, 2.05) is 60.7 Å². The minimum absolute atomic E-state index is 0.0616. The maximum Gasteiger partial charge on any atom is 0.335 e. The number of nitrogens with zero attached hydrogens (tertiary/aromatic N) is 1. The lowest BCUT2D eigenvalue weighted by molar-refractivity contribution is -0.267. The molecule has 1 fully saturated rings. The van der Waals surface area contributed by atoms with Gasteiger partial charge in [0.25, 0.3) is 11.8 Å². The summed E-state index contributed by atoms with van der Waals surface area (Å²) in [5, 5.41) is 0. The normalized spacial score (nSPS) is 21.9. The van der Waals surface area contributed by atoms with Crippen molar-refractivity contribution in [1.82, 2.24) is 4.90 Å². The maximum atomic E-state index is 13.8. The Balaban J connectivity index is 1.55. The van der Waals surface area contributed by atoms with Crippen molar-refractivity contribution in [3.8, 4) is 0 Å². The minimum Gasteiger partial charge on any atom is -0.463 e. The van der Waals surface area contributed by atoms with Gasteiger partial charge in [-0.15, -0.1) is 0 Å². The van der Waals surface area contributed by atoms with Crippen LogP contribution in [-0.4, -0.2) is 71.9 Å². The van der Waals surface area contributed by atoms with Crippen LogP contribution in [0, 0.1) is 0 Å². The summed E-state index contributed by atoms with van der Waals surface area (Å²) in [5.74, 6) is -3.68. The quantitative estimate of drug-likeness (QED) is 0.108. The molecule has 2 aliphatic rings. The summed E-state index contributed by atoms with van der Waals surface area (Å²) in [6.45, 7) is 3.10. The Morgan fingerprint density at radius 1 is 0.688 bits per heavy atom. The molecule has 2 heterocycles. The second kappa shape index (κ2) is 16.1. The third kappa shape index (κ3) is 8.49. The molecule has 3 aromatic carbocycles. The number of ether oxygens (including phenoxy) is 4. The molecule has 0 aromatic heterocycles. The minimum atomic E-state index is -2.30. The number of fused-ring (bicyclic) bond motifs is 1. The van der Waals surface area contributed by atoms with E-state index in [2.05, 4.69) is 0 Å². The first kappa shape index (κ1) is 34.8. The third-order valence-electron chi connectivity index (χ3n) is 7.34. The lowest BCUT2D eigenvalue weighted by atomic mass is 9.95. The van der Waals surface area contributed by atoms with E-state index in [-0.39, 0.29) is 24.3 Å². The molecule has 2 amide bonds. The summed E-state index contributed by atoms with van der Waals surface area (Å²) in [5.41, 5.74) is 1.83. The number of rotatable bonds is 13. The number of benzene rings is 3. The lowest BCUT2D eigenvalue weighted by Gasteiger charge is -2.47. The van der Waals surface area contributed by atoms with E-state index < -0.39 is 75.6 Å². The number of imide groups is 1. The molecule has 0 unspecified atom stereocenters. The highest BCUT2D eigenvalue weighted by Crippen LogP contribution is 2.47. The lowest BCUT2D eigenvalue weighted by Crippen LogP contribution is -2.67. The number of esters is 3. The second-order valence-corrected chi connectivity index (χ2v) is 12.0. The van der Waals surface area contributed by atoms with Gasteiger partial charge in [-0.05, 0) is 23.3 Å². The van der Waals surface area contributed by atoms with E-state index in [0.717, 1.165) is 29.9 Å². The van der Waals surface area contributed by atoms with E-state index in [4.69, 9.17) is 32.5 Å². The molecular weight excluding hydrogens is 645 g/mol. The molecule has 2 aliphatic heterocycles. The van der Waals surface area contributed by atoms with Crippen LogP contribution >= 0.6 is 8.60 Å². The molecule has 0 spiro atoms. The Kier molecular flexibility index (Phi) is 11.6. The van der Waals surface area contributed by atoms with Crippen molar-refractivity contribution >= 4 is 38.3 Å². The topological polar surface area (TPSA) is 153 Å². The third-order valence-corrected chi connectivity index (χ3v) is 8.40. The highest BCUT2D eigenvalue weighted by atomic mass is 31.2. The van der Waals surface area contributed by atoms with Crippen LogP contribution < -0.4 is 0 Å². The first-order valence-corrected chi connectivity index (χ1v) is 16.1. The van der Waals surface area contributed by atoms with Gasteiger partial charge in [0, 0.05) is 20.8 Å². The van der Waals surface area contributed by atoms with Crippen molar-refractivity contribution in [3.05, 3.63) is 107 Å². The zero-order valence-electron chi connectivity index (χ0n) is 26.4. The number of amides is 2. The Morgan fingerprint density at radius 3 is 1.65 bits per heavy atom. The van der Waals surface area contributed by atoms with Crippen molar-refractivity contribution in [2.75, 3.05) is 6.61 Å². The van der Waals surface area contributed by atoms with Crippen LogP contribution in [0.5, 0.6) is 0 Å². The number of carbonyl (C=O) groups excluding carboxylic acids is 5. The first-order chi connectivity index (χ1) is 23.1. The van der Waals surface area contributed by atoms with Crippen LogP contribution in [0.3, 0.4) is 0 Å². The SMILES string of the molecule is CC(=O)OC[C@H]1O[C@@H](OP(OCc2ccccc2)OCc2ccccc2)[C@H](N2C(=O)c3ccccc3C2=O)[C@@H](OC(C)=O)[C@@H]1OC(C)=O. The van der Waals surface area contributed by atoms with Gasteiger partial charge >= 0.3 is 26.5 Å². The number of hydrogen-bond donors (Lipinski definition) is 0. The Bertz CT molecular complexity index is 1540. The summed E-state index contributed by atoms with van der Waals surface area (Å²) in [7, 11) is -2.30. The molecular formula is C34H34NO12P. The molecule has 1 saturated heterocycles. The molecule has 0 saturated carbocycles. The van der Waals surface area contributed by atoms with E-state index >= 15 is 0 Å². The van der Waals surface area contributed by atoms with Gasteiger partial charge in [-0.2, -0.15) is 0 Å². The first-order valence-electron chi connectivity index (χ1n) is 15.0. The zero-order chi connectivity index (χ0) is 34.2. The molecule has 48 heavy (non-hydrogen) atoms. The molecule has 0 radical (unpaired) electrons. The summed E-state index contributed by atoms with van der Waals surface area (Å²) in [6, 6.07) is 23.1. The second-order valence-electron chi connectivity index (χ2n) is 10.9. The predicted molar refractivity (Wildman–Crippen MR) is 168 cm³/mol. The summed E-state index contributed by atoms with van der Waals surface area (Å²) < 4.78 is 41.2. The molecule has 5 atom stereocenters. The van der Waals surface area contributed by atoms with E-state index in [1.165, 1.54) is 19.1 Å². The Hall–Kier alpha value is -4.52. The summed E-state index contributed by atoms with van der Waals surface area (Å²) in [4.78, 5) is 65.2. The average molecular weight is 680 g/mol. The molecule has 0 aliphatic carbocycles. The smallest absolute Gasteiger partial charge is 0.335 e. The zero-order valence-corrected chi connectivity index (χ0v) is 27.3. The summed E-state index contributed by atoms with van der Waals surface area (Å²) >= 11 is 0. The monoisotopic (exact) mass is 679 g/mol. The van der Waals surface area contributed by atoms with E-state index in [1.54, 1.807) is 12.1 Å². The molecule has 13 nitrogen and oxygen atoms in total. The number of hydrogen-bond acceptors (Lipinski definition) is 12. The largest absolute Gasteiger partial charge is 0.463 e. The fourth-order valence-electron chi connectivity index (χ4n) is 5.31. The molecule has 252 valence electrons. The standard InChI is InChI=1S/C34H34NO12P/c1-21(36)41-20-28-30(44-22(2)37)31(45-23(3)38)29(35-32(39)26-16-10-11-17-27(26)33(35)40)34(46-28)47-48(42-18-24-12-6-4-7-13-24)43-19-25-14-8-5-9-15-25/h4-17,28-31,34H,18-20H2,1-3H3/t28-,29-,30-,31-,34+/m1/s1. The van der Waals surface area contributed by atoms with Gasteiger partial charge in [0.1, 0.15) is 18.8 Å². The van der Waals surface area contributed by atoms with Crippen LogP contribution in [0.1, 0.15) is 52.6 Å². The van der Waals surface area contributed by atoms with E-state index in [0.29, 0.717) is 0 Å². The van der Waals surface area contributed by atoms with Gasteiger partial charge in [-0.1, -0.05) is 72.8 Å². The molecule has 14 heteroatoms. The fraction of sp³-hybridized carbons (Fsp3) is 0.324. The highest BCUT2D eigenvalue weighted by molar-refractivity contribution is 7.41. The van der Waals surface area contributed by atoms with Gasteiger partial charge in [0.2, 0.25) is 0 Å². The summed E-state index contributed by atoms with van der Waals surface area (Å²) in [6.07, 6.45) is -5.80. The van der Waals surface area contributed by atoms with Crippen molar-refractivity contribution in [3.63, 3.8) is 0 Å². The van der Waals surface area contributed by atoms with Gasteiger partial charge in [0.15, 0.2) is 18.5 Å². The van der Waals surface area contributed by atoms with Gasteiger partial charge in [-0.25, -0.2) is 0 Å². The predicted octanol–water partition coefficient (Wildman–Crippen LogP) is 4.48. The highest BCUT2D eigenvalue weighted by Gasteiger charge is 2.58. The fourth-order valence-corrected chi connectivity index (χ4v) is 6.36. The van der Waals surface area contributed by atoms with Crippen LogP contribution in [-0.2, 0) is 60.1 Å². The molecule has 3 aromatic rings. The number of carbonyl (C=O) groups is 5. The van der Waals surface area contributed by atoms with Crippen molar-refractivity contribution < 1.29 is 56.5 Å². The van der Waals surface area contributed by atoms with Crippen molar-refractivity contribution in [1.29, 1.82) is 0 Å². The average Bonchev–Trinajstić information content (AvgIpc) is 3.32. The van der Waals surface area contributed by atoms with Crippen LogP contribution in [0.15, 0.2) is 84.9 Å². The van der Waals surface area contributed by atoms with Gasteiger partial charge in [-0.3, -0.25) is 33.4 Å². The van der Waals surface area contributed by atoms with Crippen LogP contribution in [0.25, 0.3) is 0 Å². The van der Waals surface area contributed by atoms with Crippen molar-refractivity contribution in [2.24, 2.45) is 0 Å². The molecule has 0 N–H and O–H groups in total. The van der Waals surface area contributed by atoms with Gasteiger partial charge in [0.05, 0.1) is 24.3 Å². The van der Waals surface area contributed by atoms with Crippen molar-refractivity contribution in [2.45, 2.75) is 64.6 Å².